The van der Waals surface area contributed by atoms with Gasteiger partial charge in [-0.05, 0) is 14.1 Å². The summed E-state index contributed by atoms with van der Waals surface area (Å²) >= 11 is 0. The predicted molar refractivity (Wildman–Crippen MR) is 81.9 cm³/mol. The zero-order valence-electron chi connectivity index (χ0n) is 13.7. The van der Waals surface area contributed by atoms with Gasteiger partial charge in [0.25, 0.3) is 0 Å². The quantitative estimate of drug-likeness (QED) is 0.740. The minimum atomic E-state index is -0.459. The summed E-state index contributed by atoms with van der Waals surface area (Å²) in [7, 11) is 3.97. The molecule has 5 heteroatoms. The lowest BCUT2D eigenvalue weighted by molar-refractivity contribution is -0.311. The van der Waals surface area contributed by atoms with E-state index in [1.165, 1.54) is 0 Å². The highest BCUT2D eigenvalue weighted by atomic mass is 16.7. The molecule has 2 rings (SSSR count). The summed E-state index contributed by atoms with van der Waals surface area (Å²) in [6.07, 6.45) is 5.10. The van der Waals surface area contributed by atoms with Crippen LogP contribution in [0.2, 0.25) is 0 Å². The van der Waals surface area contributed by atoms with E-state index in [2.05, 4.69) is 13.8 Å². The van der Waals surface area contributed by atoms with Crippen LogP contribution in [-0.2, 0) is 14.3 Å². The van der Waals surface area contributed by atoms with Gasteiger partial charge in [-0.3, -0.25) is 4.79 Å². The average Bonchev–Trinajstić information content (AvgIpc) is 2.43. The highest BCUT2D eigenvalue weighted by Gasteiger charge is 2.43. The molecule has 0 atom stereocenters. The lowest BCUT2D eigenvalue weighted by Gasteiger charge is -2.47. The normalized spacial score (nSPS) is 24.9. The monoisotopic (exact) mass is 296 g/mol. The van der Waals surface area contributed by atoms with Gasteiger partial charge in [0.1, 0.15) is 0 Å². The first-order chi connectivity index (χ1) is 9.82. The van der Waals surface area contributed by atoms with E-state index in [4.69, 9.17) is 9.47 Å². The molecule has 120 valence electrons. The topological polar surface area (TPSA) is 42.0 Å². The molecule has 2 aliphatic heterocycles. The van der Waals surface area contributed by atoms with Crippen molar-refractivity contribution >= 4 is 5.91 Å². The van der Waals surface area contributed by atoms with Gasteiger partial charge in [-0.2, -0.15) is 0 Å². The number of hydrogen-bond donors (Lipinski definition) is 0. The minimum Gasteiger partial charge on any atom is -0.349 e. The Kier molecular flexibility index (Phi) is 5.07. The standard InChI is InChI=1S/C16H28N2O3/c1-15(2)12-20-16(21-13-15)7-10-18(11-8-16)14(19)6-5-9-17(3)4/h5-6H,7-13H2,1-4H3/b6-5+. The molecule has 0 bridgehead atoms. The van der Waals surface area contributed by atoms with Crippen molar-refractivity contribution in [3.63, 3.8) is 0 Å². The summed E-state index contributed by atoms with van der Waals surface area (Å²) in [4.78, 5) is 16.0. The van der Waals surface area contributed by atoms with Crippen LogP contribution < -0.4 is 0 Å². The van der Waals surface area contributed by atoms with Gasteiger partial charge >= 0.3 is 0 Å². The van der Waals surface area contributed by atoms with Gasteiger partial charge in [0, 0.05) is 44.0 Å². The molecule has 5 nitrogen and oxygen atoms in total. The van der Waals surface area contributed by atoms with Gasteiger partial charge in [0.05, 0.1) is 13.2 Å². The third kappa shape index (κ3) is 4.53. The van der Waals surface area contributed by atoms with E-state index in [9.17, 15) is 4.79 Å². The maximum Gasteiger partial charge on any atom is 0.246 e. The van der Waals surface area contributed by atoms with E-state index >= 15 is 0 Å². The number of amides is 1. The van der Waals surface area contributed by atoms with E-state index in [0.717, 1.165) is 32.6 Å². The zero-order valence-corrected chi connectivity index (χ0v) is 13.7. The Bertz CT molecular complexity index is 384. The maximum atomic E-state index is 12.1. The number of nitrogens with zero attached hydrogens (tertiary/aromatic N) is 2. The summed E-state index contributed by atoms with van der Waals surface area (Å²) in [5, 5.41) is 0. The summed E-state index contributed by atoms with van der Waals surface area (Å²) in [6.45, 7) is 7.93. The Labute approximate surface area is 127 Å². The number of ether oxygens (including phenoxy) is 2. The summed E-state index contributed by atoms with van der Waals surface area (Å²) in [6, 6.07) is 0. The predicted octanol–water partition coefficient (Wildman–Crippen LogP) is 1.50. The van der Waals surface area contributed by atoms with Crippen molar-refractivity contribution in [1.82, 2.24) is 9.80 Å². The molecule has 0 aromatic carbocycles. The van der Waals surface area contributed by atoms with Gasteiger partial charge in [-0.1, -0.05) is 19.9 Å². The largest absolute Gasteiger partial charge is 0.349 e. The van der Waals surface area contributed by atoms with Crippen LogP contribution in [0.4, 0.5) is 0 Å². The van der Waals surface area contributed by atoms with Crippen molar-refractivity contribution in [1.29, 1.82) is 0 Å². The highest BCUT2D eigenvalue weighted by Crippen LogP contribution is 2.36. The Balaban J connectivity index is 1.81. The van der Waals surface area contributed by atoms with Crippen LogP contribution in [0.25, 0.3) is 0 Å². The molecule has 0 aromatic rings. The lowest BCUT2D eigenvalue weighted by Crippen LogP contribution is -2.54. The molecule has 0 saturated carbocycles. The highest BCUT2D eigenvalue weighted by molar-refractivity contribution is 5.87. The Morgan fingerprint density at radius 2 is 1.76 bits per heavy atom. The van der Waals surface area contributed by atoms with Crippen LogP contribution in [0, 0.1) is 5.41 Å². The van der Waals surface area contributed by atoms with Crippen LogP contribution in [0.3, 0.4) is 0 Å². The first-order valence-corrected chi connectivity index (χ1v) is 7.70. The fraction of sp³-hybridized carbons (Fsp3) is 0.812. The van der Waals surface area contributed by atoms with Crippen LogP contribution in [0.15, 0.2) is 12.2 Å². The average molecular weight is 296 g/mol. The second-order valence-electron chi connectivity index (χ2n) is 7.14. The molecule has 0 aliphatic carbocycles. The van der Waals surface area contributed by atoms with Crippen LogP contribution >= 0.6 is 0 Å². The second-order valence-corrected chi connectivity index (χ2v) is 7.14. The molecule has 1 spiro atoms. The number of carbonyl (C=O) groups excluding carboxylic acids is 1. The maximum absolute atomic E-state index is 12.1. The van der Waals surface area contributed by atoms with Gasteiger partial charge in [-0.15, -0.1) is 0 Å². The van der Waals surface area contributed by atoms with Crippen molar-refractivity contribution in [3.05, 3.63) is 12.2 Å². The molecule has 0 radical (unpaired) electrons. The number of carbonyl (C=O) groups is 1. The third-order valence-corrected chi connectivity index (χ3v) is 4.02. The van der Waals surface area contributed by atoms with Crippen molar-refractivity contribution in [3.8, 4) is 0 Å². The molecule has 0 N–H and O–H groups in total. The van der Waals surface area contributed by atoms with E-state index in [1.807, 2.05) is 30.0 Å². The summed E-state index contributed by atoms with van der Waals surface area (Å²) in [5.74, 6) is -0.373. The number of likely N-dealkylation sites (N-methyl/N-ethyl adjacent to an activating group) is 1. The summed E-state index contributed by atoms with van der Waals surface area (Å²) < 4.78 is 12.0. The molecular formula is C16H28N2O3. The fourth-order valence-electron chi connectivity index (χ4n) is 2.56. The minimum absolute atomic E-state index is 0.0860. The van der Waals surface area contributed by atoms with E-state index < -0.39 is 5.79 Å². The molecule has 0 unspecified atom stereocenters. The zero-order chi connectivity index (χ0) is 15.5. The van der Waals surface area contributed by atoms with Crippen LogP contribution in [-0.4, -0.2) is 68.4 Å². The molecule has 2 aliphatic rings. The third-order valence-electron chi connectivity index (χ3n) is 4.02. The van der Waals surface area contributed by atoms with Crippen LogP contribution in [0.1, 0.15) is 26.7 Å². The number of hydrogen-bond acceptors (Lipinski definition) is 4. The molecule has 2 heterocycles. The van der Waals surface area contributed by atoms with Gasteiger partial charge in [0.2, 0.25) is 5.91 Å². The first-order valence-electron chi connectivity index (χ1n) is 7.70. The van der Waals surface area contributed by atoms with E-state index in [0.29, 0.717) is 13.1 Å². The lowest BCUT2D eigenvalue weighted by atomic mass is 9.92. The Hall–Kier alpha value is -0.910. The molecular weight excluding hydrogens is 268 g/mol. The summed E-state index contributed by atoms with van der Waals surface area (Å²) in [5.41, 5.74) is 0.0904. The SMILES string of the molecule is CN(C)C/C=C/C(=O)N1CCC2(CC1)OCC(C)(C)CO2. The van der Waals surface area contributed by atoms with Gasteiger partial charge in [-0.25, -0.2) is 0 Å². The van der Waals surface area contributed by atoms with Crippen molar-refractivity contribution in [2.24, 2.45) is 5.41 Å². The molecule has 1 amide bonds. The molecule has 2 fully saturated rings. The molecule has 0 aromatic heterocycles. The number of likely N-dealkylation sites (tertiary alicyclic amines) is 1. The second kappa shape index (κ2) is 6.46. The number of piperidine rings is 1. The van der Waals surface area contributed by atoms with Crippen LogP contribution in [0.5, 0.6) is 0 Å². The molecule has 2 saturated heterocycles. The van der Waals surface area contributed by atoms with E-state index in [1.54, 1.807) is 6.08 Å². The van der Waals surface area contributed by atoms with Gasteiger partial charge in [0.15, 0.2) is 5.79 Å². The van der Waals surface area contributed by atoms with Crippen molar-refractivity contribution in [2.45, 2.75) is 32.5 Å². The first kappa shape index (κ1) is 16.5. The van der Waals surface area contributed by atoms with E-state index in [-0.39, 0.29) is 11.3 Å². The number of rotatable bonds is 3. The van der Waals surface area contributed by atoms with Crippen molar-refractivity contribution in [2.75, 3.05) is 46.9 Å². The smallest absolute Gasteiger partial charge is 0.246 e. The fourth-order valence-corrected chi connectivity index (χ4v) is 2.56. The van der Waals surface area contributed by atoms with Crippen molar-refractivity contribution < 1.29 is 14.3 Å². The van der Waals surface area contributed by atoms with Gasteiger partial charge < -0.3 is 19.3 Å². The Morgan fingerprint density at radius 3 is 2.29 bits per heavy atom. The molecule has 21 heavy (non-hydrogen) atoms. The Morgan fingerprint density at radius 1 is 1.19 bits per heavy atom.